The molecule has 118 valence electrons. The smallest absolute Gasteiger partial charge is 0.257 e. The number of ether oxygens (including phenoxy) is 1. The van der Waals surface area contributed by atoms with E-state index in [0.29, 0.717) is 19.7 Å². The van der Waals surface area contributed by atoms with Crippen LogP contribution in [0.15, 0.2) is 12.3 Å². The molecule has 0 saturated carbocycles. The van der Waals surface area contributed by atoms with Crippen molar-refractivity contribution in [2.45, 2.75) is 33.2 Å². The molecule has 5 nitrogen and oxygen atoms in total. The summed E-state index contributed by atoms with van der Waals surface area (Å²) in [5.41, 5.74) is 0.0356. The molecule has 0 saturated heterocycles. The van der Waals surface area contributed by atoms with Gasteiger partial charge in [0.1, 0.15) is 0 Å². The Balaban J connectivity index is 2.99. The number of hydrogen-bond acceptors (Lipinski definition) is 4. The molecule has 21 heavy (non-hydrogen) atoms. The van der Waals surface area contributed by atoms with Gasteiger partial charge in [0.2, 0.25) is 0 Å². The van der Waals surface area contributed by atoms with Crippen molar-refractivity contribution < 1.29 is 13.9 Å². The van der Waals surface area contributed by atoms with Crippen LogP contribution in [-0.2, 0) is 4.74 Å². The van der Waals surface area contributed by atoms with Crippen molar-refractivity contribution in [3.63, 3.8) is 0 Å². The van der Waals surface area contributed by atoms with E-state index in [9.17, 15) is 9.18 Å². The standard InChI is InChI=1S/C15H24FN3O2/c1-5-7-17-14-13(16)12(6-8-18-14)15(20)19(11(2)3)9-10-21-4/h6,8,11H,5,7,9-10H2,1-4H3,(H,17,18). The summed E-state index contributed by atoms with van der Waals surface area (Å²) in [6, 6.07) is 1.38. The molecular weight excluding hydrogens is 273 g/mol. The zero-order valence-electron chi connectivity index (χ0n) is 13.1. The maximum Gasteiger partial charge on any atom is 0.257 e. The summed E-state index contributed by atoms with van der Waals surface area (Å²) in [6.07, 6.45) is 2.30. The van der Waals surface area contributed by atoms with E-state index in [1.54, 1.807) is 12.0 Å². The van der Waals surface area contributed by atoms with E-state index in [-0.39, 0.29) is 23.3 Å². The average Bonchev–Trinajstić information content (AvgIpc) is 2.46. The number of pyridine rings is 1. The van der Waals surface area contributed by atoms with Crippen molar-refractivity contribution in [1.29, 1.82) is 0 Å². The van der Waals surface area contributed by atoms with Gasteiger partial charge in [-0.05, 0) is 26.3 Å². The van der Waals surface area contributed by atoms with Gasteiger partial charge in [0.05, 0.1) is 12.2 Å². The lowest BCUT2D eigenvalue weighted by molar-refractivity contribution is 0.0630. The van der Waals surface area contributed by atoms with Crippen LogP contribution in [0.4, 0.5) is 10.2 Å². The van der Waals surface area contributed by atoms with Crippen LogP contribution in [0, 0.1) is 5.82 Å². The molecule has 0 spiro atoms. The first-order valence-electron chi connectivity index (χ1n) is 7.21. The fraction of sp³-hybridized carbons (Fsp3) is 0.600. The number of carbonyl (C=O) groups is 1. The van der Waals surface area contributed by atoms with E-state index >= 15 is 0 Å². The van der Waals surface area contributed by atoms with Crippen molar-refractivity contribution in [3.8, 4) is 0 Å². The van der Waals surface area contributed by atoms with Gasteiger partial charge in [-0.1, -0.05) is 6.92 Å². The van der Waals surface area contributed by atoms with Gasteiger partial charge < -0.3 is 15.0 Å². The molecule has 0 bridgehead atoms. The molecule has 1 rings (SSSR count). The van der Waals surface area contributed by atoms with Crippen LogP contribution >= 0.6 is 0 Å². The molecule has 0 unspecified atom stereocenters. The quantitative estimate of drug-likeness (QED) is 0.801. The summed E-state index contributed by atoms with van der Waals surface area (Å²) in [5.74, 6) is -0.821. The minimum atomic E-state index is -0.598. The summed E-state index contributed by atoms with van der Waals surface area (Å²) < 4.78 is 19.4. The maximum atomic E-state index is 14.4. The van der Waals surface area contributed by atoms with Crippen LogP contribution in [0.5, 0.6) is 0 Å². The number of carbonyl (C=O) groups excluding carboxylic acids is 1. The third-order valence-corrected chi connectivity index (χ3v) is 3.08. The fourth-order valence-electron chi connectivity index (χ4n) is 1.91. The van der Waals surface area contributed by atoms with Crippen molar-refractivity contribution in [1.82, 2.24) is 9.88 Å². The molecule has 1 aromatic rings. The second kappa shape index (κ2) is 8.56. The van der Waals surface area contributed by atoms with Crippen molar-refractivity contribution >= 4 is 11.7 Å². The lowest BCUT2D eigenvalue weighted by Gasteiger charge is -2.26. The van der Waals surface area contributed by atoms with Gasteiger partial charge in [-0.2, -0.15) is 0 Å². The highest BCUT2D eigenvalue weighted by Crippen LogP contribution is 2.18. The van der Waals surface area contributed by atoms with Gasteiger partial charge >= 0.3 is 0 Å². The topological polar surface area (TPSA) is 54.5 Å². The second-order valence-electron chi connectivity index (χ2n) is 5.03. The lowest BCUT2D eigenvalue weighted by atomic mass is 10.2. The largest absolute Gasteiger partial charge is 0.383 e. The van der Waals surface area contributed by atoms with Crippen LogP contribution < -0.4 is 5.32 Å². The SMILES string of the molecule is CCCNc1nccc(C(=O)N(CCOC)C(C)C)c1F. The Morgan fingerprint density at radius 1 is 1.52 bits per heavy atom. The van der Waals surface area contributed by atoms with E-state index in [4.69, 9.17) is 4.74 Å². The Bertz CT molecular complexity index is 466. The monoisotopic (exact) mass is 297 g/mol. The Morgan fingerprint density at radius 3 is 2.81 bits per heavy atom. The van der Waals surface area contributed by atoms with E-state index in [1.807, 2.05) is 20.8 Å². The predicted molar refractivity (Wildman–Crippen MR) is 81.0 cm³/mol. The van der Waals surface area contributed by atoms with Gasteiger partial charge in [-0.25, -0.2) is 9.37 Å². The summed E-state index contributed by atoms with van der Waals surface area (Å²) in [7, 11) is 1.57. The predicted octanol–water partition coefficient (Wildman–Crippen LogP) is 2.54. The second-order valence-corrected chi connectivity index (χ2v) is 5.03. The molecule has 1 heterocycles. The van der Waals surface area contributed by atoms with E-state index < -0.39 is 5.82 Å². The molecule has 0 atom stereocenters. The summed E-state index contributed by atoms with van der Waals surface area (Å²) in [5, 5.41) is 2.89. The zero-order chi connectivity index (χ0) is 15.8. The van der Waals surface area contributed by atoms with Gasteiger partial charge in [0.25, 0.3) is 5.91 Å². The number of amides is 1. The Kier molecular flexibility index (Phi) is 7.08. The lowest BCUT2D eigenvalue weighted by Crippen LogP contribution is -2.39. The van der Waals surface area contributed by atoms with Crippen molar-refractivity contribution in [2.75, 3.05) is 32.1 Å². The van der Waals surface area contributed by atoms with Crippen LogP contribution in [0.25, 0.3) is 0 Å². The average molecular weight is 297 g/mol. The van der Waals surface area contributed by atoms with Gasteiger partial charge in [0, 0.05) is 32.4 Å². The molecule has 0 aliphatic heterocycles. The highest BCUT2D eigenvalue weighted by atomic mass is 19.1. The molecular formula is C15H24FN3O2. The third-order valence-electron chi connectivity index (χ3n) is 3.08. The molecule has 1 N–H and O–H groups in total. The number of nitrogens with zero attached hydrogens (tertiary/aromatic N) is 2. The van der Waals surface area contributed by atoms with Crippen molar-refractivity contribution in [3.05, 3.63) is 23.6 Å². The molecule has 1 aromatic heterocycles. The summed E-state index contributed by atoms with van der Waals surface area (Å²) in [6.45, 7) is 7.21. The number of nitrogens with one attached hydrogen (secondary N) is 1. The van der Waals surface area contributed by atoms with Gasteiger partial charge in [0.15, 0.2) is 11.6 Å². The molecule has 1 amide bonds. The first-order chi connectivity index (χ1) is 10.0. The highest BCUT2D eigenvalue weighted by molar-refractivity contribution is 5.95. The molecule has 6 heteroatoms. The normalized spacial score (nSPS) is 10.8. The first kappa shape index (κ1) is 17.4. The van der Waals surface area contributed by atoms with E-state index in [1.165, 1.54) is 12.3 Å². The number of rotatable bonds is 8. The Morgan fingerprint density at radius 2 is 2.24 bits per heavy atom. The number of anilines is 1. The van der Waals surface area contributed by atoms with Gasteiger partial charge in [-0.3, -0.25) is 4.79 Å². The Labute approximate surface area is 125 Å². The van der Waals surface area contributed by atoms with Gasteiger partial charge in [-0.15, -0.1) is 0 Å². The molecule has 0 aromatic carbocycles. The third kappa shape index (κ3) is 4.67. The molecule has 0 aliphatic carbocycles. The molecule has 0 radical (unpaired) electrons. The minimum Gasteiger partial charge on any atom is -0.383 e. The fourth-order valence-corrected chi connectivity index (χ4v) is 1.91. The van der Waals surface area contributed by atoms with Crippen LogP contribution in [0.1, 0.15) is 37.6 Å². The highest BCUT2D eigenvalue weighted by Gasteiger charge is 2.23. The Hall–Kier alpha value is -1.69. The minimum absolute atomic E-state index is 0.0349. The number of halogens is 1. The molecule has 0 fully saturated rings. The van der Waals surface area contributed by atoms with E-state index in [2.05, 4.69) is 10.3 Å². The van der Waals surface area contributed by atoms with Crippen LogP contribution in [0.3, 0.4) is 0 Å². The first-order valence-corrected chi connectivity index (χ1v) is 7.21. The van der Waals surface area contributed by atoms with Crippen LogP contribution in [0.2, 0.25) is 0 Å². The summed E-state index contributed by atoms with van der Waals surface area (Å²) in [4.78, 5) is 18.0. The number of methoxy groups -OCH3 is 1. The molecule has 0 aliphatic rings. The summed E-state index contributed by atoms with van der Waals surface area (Å²) >= 11 is 0. The zero-order valence-corrected chi connectivity index (χ0v) is 13.1. The van der Waals surface area contributed by atoms with Crippen molar-refractivity contribution in [2.24, 2.45) is 0 Å². The number of aromatic nitrogens is 1. The van der Waals surface area contributed by atoms with Crippen LogP contribution in [-0.4, -0.2) is 48.6 Å². The van der Waals surface area contributed by atoms with E-state index in [0.717, 1.165) is 6.42 Å². The number of hydrogen-bond donors (Lipinski definition) is 1. The maximum absolute atomic E-state index is 14.4.